The molecule has 0 bridgehead atoms. The third-order valence-electron chi connectivity index (χ3n) is 16.3. The van der Waals surface area contributed by atoms with Crippen LogP contribution in [0.1, 0.15) is 139 Å². The van der Waals surface area contributed by atoms with Crippen LogP contribution in [0.2, 0.25) is 0 Å². The van der Waals surface area contributed by atoms with Crippen molar-refractivity contribution in [1.29, 1.82) is 0 Å². The lowest BCUT2D eigenvalue weighted by molar-refractivity contribution is -0.235. The second kappa shape index (κ2) is 12.2. The van der Waals surface area contributed by atoms with Crippen LogP contribution < -0.4 is 0 Å². The van der Waals surface area contributed by atoms with Gasteiger partial charge in [-0.25, -0.2) is 0 Å². The fourth-order valence-electron chi connectivity index (χ4n) is 13.2. The minimum atomic E-state index is -1.15. The number of fused-ring (bicyclic) bond motifs is 7. The van der Waals surface area contributed by atoms with Gasteiger partial charge in [-0.05, 0) is 137 Å². The SMILES string of the molecule is CC(C)C1=C2[C@H]3CC[C@@H]4[C@@]5(C)CC[C@H](OC(=O)CC(C)(C)C(=O)O)C(C)(C)[C@@H]5CC[C@@]4(C)[C@]3(C)CCC2(C(O)CN(C)CC2CC2)CC1=O. The molecule has 7 heteroatoms. The van der Waals surface area contributed by atoms with Gasteiger partial charge in [-0.3, -0.25) is 14.4 Å². The molecule has 0 aromatic carbocycles. The number of carboxylic acid groups (broad SMARTS) is 1. The van der Waals surface area contributed by atoms with Crippen molar-refractivity contribution in [1.82, 2.24) is 4.90 Å². The highest BCUT2D eigenvalue weighted by atomic mass is 16.5. The fourth-order valence-corrected chi connectivity index (χ4v) is 13.2. The molecule has 0 spiro atoms. The Bertz CT molecular complexity index is 1390. The number of nitrogens with zero attached hydrogens (tertiary/aromatic N) is 1. The molecule has 49 heavy (non-hydrogen) atoms. The summed E-state index contributed by atoms with van der Waals surface area (Å²) in [6, 6.07) is 0. The van der Waals surface area contributed by atoms with Crippen molar-refractivity contribution in [3.05, 3.63) is 11.1 Å². The number of rotatable bonds is 10. The number of aliphatic carboxylic acids is 1. The molecule has 2 N–H and O–H groups in total. The molecular formula is C42H67NO6. The van der Waals surface area contributed by atoms with Crippen molar-refractivity contribution in [3.63, 3.8) is 0 Å². The van der Waals surface area contributed by atoms with E-state index >= 15 is 0 Å². The normalized spacial score (nSPS) is 40.8. The number of likely N-dealkylation sites (N-methyl/N-ethyl adjacent to an activating group) is 1. The molecule has 276 valence electrons. The van der Waals surface area contributed by atoms with Gasteiger partial charge in [0.25, 0.3) is 0 Å². The maximum absolute atomic E-state index is 14.0. The van der Waals surface area contributed by atoms with Crippen molar-refractivity contribution in [3.8, 4) is 0 Å². The average molecular weight is 682 g/mol. The summed E-state index contributed by atoms with van der Waals surface area (Å²) >= 11 is 0. The molecule has 0 aromatic rings. The van der Waals surface area contributed by atoms with Gasteiger partial charge in [0.1, 0.15) is 6.10 Å². The second-order valence-electron chi connectivity index (χ2n) is 20.2. The van der Waals surface area contributed by atoms with Gasteiger partial charge in [0.05, 0.1) is 17.9 Å². The molecule has 0 amide bonds. The molecule has 7 nitrogen and oxygen atoms in total. The number of ether oxygens (including phenoxy) is 1. The number of aliphatic hydroxyl groups excluding tert-OH is 1. The highest BCUT2D eigenvalue weighted by molar-refractivity contribution is 6.00. The van der Waals surface area contributed by atoms with Crippen LogP contribution in [0.25, 0.3) is 0 Å². The molecule has 0 aliphatic heterocycles. The van der Waals surface area contributed by atoms with E-state index in [1.165, 1.54) is 18.4 Å². The summed E-state index contributed by atoms with van der Waals surface area (Å²) in [5, 5.41) is 21.8. The van der Waals surface area contributed by atoms with Gasteiger partial charge in [-0.1, -0.05) is 54.0 Å². The third kappa shape index (κ3) is 5.69. The first-order valence-corrected chi connectivity index (χ1v) is 19.7. The Hall–Kier alpha value is -1.73. The van der Waals surface area contributed by atoms with Gasteiger partial charge in [0.2, 0.25) is 0 Å². The lowest BCUT2D eigenvalue weighted by atomic mass is 9.33. The minimum absolute atomic E-state index is 0.0308. The fraction of sp³-hybridized carbons (Fsp3) is 0.881. The number of hydrogen-bond acceptors (Lipinski definition) is 6. The van der Waals surface area contributed by atoms with Crippen LogP contribution in [0.4, 0.5) is 0 Å². The van der Waals surface area contributed by atoms with E-state index in [9.17, 15) is 24.6 Å². The van der Waals surface area contributed by atoms with Crippen molar-refractivity contribution < 1.29 is 29.3 Å². The lowest BCUT2D eigenvalue weighted by Crippen LogP contribution is -2.66. The summed E-state index contributed by atoms with van der Waals surface area (Å²) < 4.78 is 6.16. The number of hydrogen-bond donors (Lipinski definition) is 2. The number of carbonyl (C=O) groups excluding carboxylic acids is 2. The maximum atomic E-state index is 14.0. The molecule has 9 atom stereocenters. The number of aliphatic hydroxyl groups is 1. The standard InChI is InChI=1S/C42H67NO6/c1-25(2)34-28(44)21-42(31(45)24-43(10)23-26-11-12-26)20-19-40(8)27(35(34)42)13-14-30-39(7)17-16-32(49-33(46)22-37(3,4)36(47)48)38(5,6)29(39)15-18-41(30,40)9/h25-27,29-32,45H,11-24H2,1-10H3,(H,47,48)/t27-,29+,30-,31?,32+,39+,40-,41-,42?/m1/s1. The summed E-state index contributed by atoms with van der Waals surface area (Å²) in [5.74, 6) is 1.02. The van der Waals surface area contributed by atoms with Crippen LogP contribution in [-0.2, 0) is 19.1 Å². The highest BCUT2D eigenvalue weighted by Crippen LogP contribution is 2.77. The molecule has 5 fully saturated rings. The molecule has 0 aromatic heterocycles. The van der Waals surface area contributed by atoms with Crippen LogP contribution in [0, 0.1) is 62.1 Å². The first kappa shape index (κ1) is 37.0. The van der Waals surface area contributed by atoms with E-state index in [0.717, 1.165) is 69.4 Å². The number of carbonyl (C=O) groups is 3. The lowest BCUT2D eigenvalue weighted by Gasteiger charge is -2.72. The summed E-state index contributed by atoms with van der Waals surface area (Å²) in [7, 11) is 2.15. The molecule has 5 saturated carbocycles. The number of carboxylic acids is 1. The molecular weight excluding hydrogens is 614 g/mol. The van der Waals surface area contributed by atoms with Gasteiger partial charge in [0.15, 0.2) is 5.78 Å². The van der Waals surface area contributed by atoms with E-state index in [1.54, 1.807) is 13.8 Å². The van der Waals surface area contributed by atoms with E-state index in [-0.39, 0.29) is 45.9 Å². The Morgan fingerprint density at radius 2 is 1.59 bits per heavy atom. The summed E-state index contributed by atoms with van der Waals surface area (Å²) in [4.78, 5) is 41.1. The molecule has 6 aliphatic rings. The predicted octanol–water partition coefficient (Wildman–Crippen LogP) is 8.08. The molecule has 0 heterocycles. The quantitative estimate of drug-likeness (QED) is 0.225. The Balaban J connectivity index is 1.28. The Morgan fingerprint density at radius 3 is 2.20 bits per heavy atom. The number of esters is 1. The summed E-state index contributed by atoms with van der Waals surface area (Å²) in [5.41, 5.74) is 0.780. The Labute approximate surface area is 296 Å². The van der Waals surface area contributed by atoms with Crippen molar-refractivity contribution in [2.24, 2.45) is 62.1 Å². The smallest absolute Gasteiger partial charge is 0.309 e. The first-order chi connectivity index (χ1) is 22.6. The molecule has 2 unspecified atom stereocenters. The van der Waals surface area contributed by atoms with Gasteiger partial charge < -0.3 is 19.8 Å². The van der Waals surface area contributed by atoms with Crippen molar-refractivity contribution in [2.45, 2.75) is 152 Å². The first-order valence-electron chi connectivity index (χ1n) is 19.7. The van der Waals surface area contributed by atoms with Gasteiger partial charge in [-0.2, -0.15) is 0 Å². The zero-order valence-electron chi connectivity index (χ0n) is 32.4. The third-order valence-corrected chi connectivity index (χ3v) is 16.3. The largest absolute Gasteiger partial charge is 0.481 e. The Morgan fingerprint density at radius 1 is 0.918 bits per heavy atom. The average Bonchev–Trinajstić information content (AvgIpc) is 3.73. The molecule has 0 radical (unpaired) electrons. The van der Waals surface area contributed by atoms with Crippen LogP contribution in [-0.4, -0.2) is 65.2 Å². The minimum Gasteiger partial charge on any atom is -0.481 e. The van der Waals surface area contributed by atoms with Gasteiger partial charge in [0, 0.05) is 30.3 Å². The summed E-state index contributed by atoms with van der Waals surface area (Å²) in [6.07, 6.45) is 10.3. The van der Waals surface area contributed by atoms with Crippen LogP contribution >= 0.6 is 0 Å². The number of ketones is 1. The second-order valence-corrected chi connectivity index (χ2v) is 20.2. The zero-order valence-corrected chi connectivity index (χ0v) is 32.4. The van der Waals surface area contributed by atoms with E-state index < -0.39 is 28.9 Å². The van der Waals surface area contributed by atoms with Gasteiger partial charge >= 0.3 is 11.9 Å². The summed E-state index contributed by atoms with van der Waals surface area (Å²) in [6.45, 7) is 21.4. The van der Waals surface area contributed by atoms with E-state index in [0.29, 0.717) is 30.7 Å². The van der Waals surface area contributed by atoms with Crippen LogP contribution in [0.15, 0.2) is 11.1 Å². The molecule has 6 rings (SSSR count). The van der Waals surface area contributed by atoms with Gasteiger partial charge in [-0.15, -0.1) is 0 Å². The predicted molar refractivity (Wildman–Crippen MR) is 192 cm³/mol. The van der Waals surface area contributed by atoms with E-state index in [2.05, 4.69) is 60.4 Å². The van der Waals surface area contributed by atoms with Crippen LogP contribution in [0.3, 0.4) is 0 Å². The monoisotopic (exact) mass is 681 g/mol. The maximum Gasteiger partial charge on any atom is 0.309 e. The van der Waals surface area contributed by atoms with Crippen LogP contribution in [0.5, 0.6) is 0 Å². The zero-order chi connectivity index (χ0) is 36.1. The molecule has 0 saturated heterocycles. The highest BCUT2D eigenvalue weighted by Gasteiger charge is 2.70. The topological polar surface area (TPSA) is 104 Å². The van der Waals surface area contributed by atoms with E-state index in [1.807, 2.05) is 0 Å². The van der Waals surface area contributed by atoms with Crippen molar-refractivity contribution >= 4 is 17.7 Å². The van der Waals surface area contributed by atoms with E-state index in [4.69, 9.17) is 4.74 Å². The number of Topliss-reactive ketones (excluding diaryl/α,β-unsaturated/α-hetero) is 1. The molecule has 6 aliphatic carbocycles. The Kier molecular flexibility index (Phi) is 9.20. The van der Waals surface area contributed by atoms with Crippen molar-refractivity contribution in [2.75, 3.05) is 20.1 Å². The number of allylic oxidation sites excluding steroid dienone is 1.